The molecule has 0 bridgehead atoms. The number of aliphatic hydroxyl groups is 1. The highest BCUT2D eigenvalue weighted by molar-refractivity contribution is 5.96. The van der Waals surface area contributed by atoms with Gasteiger partial charge in [0.1, 0.15) is 0 Å². The molecule has 0 aliphatic heterocycles. The predicted octanol–water partition coefficient (Wildman–Crippen LogP) is 3.60. The number of rotatable bonds is 15. The van der Waals surface area contributed by atoms with E-state index in [1.165, 1.54) is 0 Å². The zero-order chi connectivity index (χ0) is 25.0. The monoisotopic (exact) mass is 469 g/mol. The summed E-state index contributed by atoms with van der Waals surface area (Å²) in [6.07, 6.45) is 9.08. The van der Waals surface area contributed by atoms with Crippen LogP contribution in [-0.2, 0) is 16.0 Å². The molecule has 188 valence electrons. The molecule has 0 saturated carbocycles. The number of nitrogens with one attached hydrogen (secondary N) is 1. The summed E-state index contributed by atoms with van der Waals surface area (Å²) >= 11 is 0. The van der Waals surface area contributed by atoms with Crippen molar-refractivity contribution in [2.75, 3.05) is 26.2 Å². The number of carbonyl (C=O) groups is 2. The molecule has 1 aromatic rings. The second-order valence-corrected chi connectivity index (χ2v) is 9.35. The molecule has 3 atom stereocenters. The zero-order valence-electron chi connectivity index (χ0n) is 21.1. The average molecular weight is 470 g/mol. The Morgan fingerprint density at radius 1 is 1.12 bits per heavy atom. The lowest BCUT2D eigenvalue weighted by Gasteiger charge is -2.41. The molecule has 6 nitrogen and oxygen atoms in total. The van der Waals surface area contributed by atoms with Crippen LogP contribution in [0.2, 0.25) is 0 Å². The second-order valence-electron chi connectivity index (χ2n) is 9.35. The summed E-state index contributed by atoms with van der Waals surface area (Å²) in [6, 6.07) is 9.85. The van der Waals surface area contributed by atoms with Crippen LogP contribution in [-0.4, -0.2) is 54.1 Å². The summed E-state index contributed by atoms with van der Waals surface area (Å²) in [5, 5.41) is 14.6. The van der Waals surface area contributed by atoms with Gasteiger partial charge < -0.3 is 21.1 Å². The Morgan fingerprint density at radius 2 is 1.79 bits per heavy atom. The minimum Gasteiger partial charge on any atom is -0.391 e. The third-order valence-electron chi connectivity index (χ3n) is 6.67. The second kappa shape index (κ2) is 14.1. The van der Waals surface area contributed by atoms with E-state index in [4.69, 9.17) is 5.73 Å². The molecule has 0 heterocycles. The van der Waals surface area contributed by atoms with Crippen molar-refractivity contribution >= 4 is 11.8 Å². The number of carbonyl (C=O) groups excluding carboxylic acids is 2. The summed E-state index contributed by atoms with van der Waals surface area (Å²) in [6.45, 7) is 8.75. The van der Waals surface area contributed by atoms with E-state index in [9.17, 15) is 14.7 Å². The van der Waals surface area contributed by atoms with Crippen LogP contribution in [0, 0.1) is 11.3 Å². The average Bonchev–Trinajstić information content (AvgIpc) is 2.85. The smallest absolute Gasteiger partial charge is 0.249 e. The number of nitrogens with zero attached hydrogens (tertiary/aromatic N) is 1. The molecule has 4 N–H and O–H groups in total. The van der Waals surface area contributed by atoms with Crippen molar-refractivity contribution in [2.24, 2.45) is 17.1 Å². The van der Waals surface area contributed by atoms with Crippen molar-refractivity contribution in [3.05, 3.63) is 59.7 Å². The van der Waals surface area contributed by atoms with Gasteiger partial charge in [0.05, 0.1) is 11.5 Å². The Bertz CT molecular complexity index is 831. The molecular weight excluding hydrogens is 426 g/mol. The maximum atomic E-state index is 13.4. The SMILES string of the molecule is CCCCNC[C@H](O)[C@@H](Cc1ccccc1)C1(C(N)=O)C=CC=C(C(=O)N(CCC)CCC)C1. The number of hydrogen-bond acceptors (Lipinski definition) is 4. The molecule has 0 fully saturated rings. The first kappa shape index (κ1) is 27.8. The number of amides is 2. The van der Waals surface area contributed by atoms with E-state index in [0.29, 0.717) is 31.6 Å². The summed E-state index contributed by atoms with van der Waals surface area (Å²) in [5.41, 5.74) is 6.51. The summed E-state index contributed by atoms with van der Waals surface area (Å²) in [4.78, 5) is 28.3. The van der Waals surface area contributed by atoms with Gasteiger partial charge in [-0.15, -0.1) is 0 Å². The predicted molar refractivity (Wildman–Crippen MR) is 138 cm³/mol. The Labute approximate surface area is 205 Å². The van der Waals surface area contributed by atoms with Crippen LogP contribution in [0.25, 0.3) is 0 Å². The van der Waals surface area contributed by atoms with Crippen molar-refractivity contribution in [3.8, 4) is 0 Å². The first-order chi connectivity index (χ1) is 16.4. The highest BCUT2D eigenvalue weighted by Crippen LogP contribution is 2.42. The number of hydrogen-bond donors (Lipinski definition) is 3. The van der Waals surface area contributed by atoms with E-state index < -0.39 is 23.3 Å². The molecule has 1 aliphatic rings. The first-order valence-corrected chi connectivity index (χ1v) is 12.8. The quantitative estimate of drug-likeness (QED) is 0.342. The third-order valence-corrected chi connectivity index (χ3v) is 6.67. The van der Waals surface area contributed by atoms with Gasteiger partial charge in [-0.1, -0.05) is 75.8 Å². The van der Waals surface area contributed by atoms with Crippen molar-refractivity contribution in [1.29, 1.82) is 0 Å². The zero-order valence-corrected chi connectivity index (χ0v) is 21.1. The summed E-state index contributed by atoms with van der Waals surface area (Å²) in [5.74, 6) is -1.03. The number of nitrogens with two attached hydrogens (primary N) is 1. The van der Waals surface area contributed by atoms with Crippen molar-refractivity contribution < 1.29 is 14.7 Å². The largest absolute Gasteiger partial charge is 0.391 e. The van der Waals surface area contributed by atoms with E-state index in [-0.39, 0.29) is 12.3 Å². The van der Waals surface area contributed by atoms with Crippen molar-refractivity contribution in [1.82, 2.24) is 10.2 Å². The van der Waals surface area contributed by atoms with Crippen molar-refractivity contribution in [2.45, 2.75) is 65.4 Å². The molecule has 1 aromatic carbocycles. The number of allylic oxidation sites excluding steroid dienone is 2. The topological polar surface area (TPSA) is 95.7 Å². The first-order valence-electron chi connectivity index (χ1n) is 12.8. The van der Waals surface area contributed by atoms with Crippen LogP contribution in [0.15, 0.2) is 54.1 Å². The Hall–Kier alpha value is -2.44. The van der Waals surface area contributed by atoms with Crippen LogP contribution in [0.5, 0.6) is 0 Å². The van der Waals surface area contributed by atoms with Gasteiger partial charge in [-0.3, -0.25) is 9.59 Å². The molecule has 2 amide bonds. The molecule has 0 spiro atoms. The Morgan fingerprint density at radius 3 is 2.38 bits per heavy atom. The van der Waals surface area contributed by atoms with Gasteiger partial charge in [-0.2, -0.15) is 0 Å². The summed E-state index contributed by atoms with van der Waals surface area (Å²) in [7, 11) is 0. The molecule has 0 aromatic heterocycles. The molecule has 2 rings (SSSR count). The highest BCUT2D eigenvalue weighted by Gasteiger charge is 2.47. The molecule has 0 radical (unpaired) electrons. The van der Waals surface area contributed by atoms with Gasteiger partial charge in [0.15, 0.2) is 0 Å². The molecule has 1 aliphatic carbocycles. The third kappa shape index (κ3) is 7.28. The highest BCUT2D eigenvalue weighted by atomic mass is 16.3. The standard InChI is InChI=1S/C28H43N3O3/c1-4-7-16-30-21-25(32)24(19-22-12-9-8-10-13-22)28(27(29)34)15-11-14-23(20-28)26(33)31(17-5-2)18-6-3/h8-15,24-25,30,32H,4-7,16-21H2,1-3H3,(H2,29,34)/t24-,25+,28?/m1/s1. The maximum Gasteiger partial charge on any atom is 0.249 e. The van der Waals surface area contributed by atoms with Gasteiger partial charge in [-0.25, -0.2) is 0 Å². The molecule has 34 heavy (non-hydrogen) atoms. The van der Waals surface area contributed by atoms with Crippen LogP contribution in [0.3, 0.4) is 0 Å². The normalized spacial score (nSPS) is 19.4. The van der Waals surface area contributed by atoms with Gasteiger partial charge in [-0.05, 0) is 44.2 Å². The minimum absolute atomic E-state index is 0.0484. The number of benzene rings is 1. The summed E-state index contributed by atoms with van der Waals surface area (Å²) < 4.78 is 0. The van der Waals surface area contributed by atoms with E-state index >= 15 is 0 Å². The Balaban J connectivity index is 2.37. The lowest BCUT2D eigenvalue weighted by Crippen LogP contribution is -2.51. The van der Waals surface area contributed by atoms with E-state index in [1.54, 1.807) is 18.2 Å². The number of aliphatic hydroxyl groups excluding tert-OH is 1. The van der Waals surface area contributed by atoms with E-state index in [0.717, 1.165) is 37.8 Å². The van der Waals surface area contributed by atoms with Gasteiger partial charge in [0.25, 0.3) is 0 Å². The molecule has 0 saturated heterocycles. The molecule has 6 heteroatoms. The Kier molecular flexibility index (Phi) is 11.5. The lowest BCUT2D eigenvalue weighted by molar-refractivity contribution is -0.132. The van der Waals surface area contributed by atoms with Crippen LogP contribution in [0.1, 0.15) is 58.4 Å². The fourth-order valence-electron chi connectivity index (χ4n) is 4.80. The number of unbranched alkanes of at least 4 members (excludes halogenated alkanes) is 1. The van der Waals surface area contributed by atoms with Crippen LogP contribution in [0.4, 0.5) is 0 Å². The number of primary amides is 1. The molecular formula is C28H43N3O3. The maximum absolute atomic E-state index is 13.4. The fourth-order valence-corrected chi connectivity index (χ4v) is 4.80. The molecule has 1 unspecified atom stereocenters. The lowest BCUT2D eigenvalue weighted by atomic mass is 9.64. The van der Waals surface area contributed by atoms with Gasteiger partial charge in [0.2, 0.25) is 11.8 Å². The van der Waals surface area contributed by atoms with Gasteiger partial charge in [0, 0.05) is 31.1 Å². The van der Waals surface area contributed by atoms with Crippen molar-refractivity contribution in [3.63, 3.8) is 0 Å². The van der Waals surface area contributed by atoms with E-state index in [1.807, 2.05) is 35.2 Å². The van der Waals surface area contributed by atoms with Gasteiger partial charge >= 0.3 is 0 Å². The van der Waals surface area contributed by atoms with Crippen LogP contribution < -0.4 is 11.1 Å². The van der Waals surface area contributed by atoms with Crippen LogP contribution >= 0.6 is 0 Å². The fraction of sp³-hybridized carbons (Fsp3) is 0.571. The minimum atomic E-state index is -1.15. The van der Waals surface area contributed by atoms with E-state index in [2.05, 4.69) is 26.1 Å².